The van der Waals surface area contributed by atoms with E-state index >= 15 is 0 Å². The van der Waals surface area contributed by atoms with Gasteiger partial charge in [0.25, 0.3) is 0 Å². The van der Waals surface area contributed by atoms with Gasteiger partial charge in [0.1, 0.15) is 10.7 Å². The van der Waals surface area contributed by atoms with Crippen molar-refractivity contribution in [2.45, 2.75) is 11.8 Å². The zero-order chi connectivity index (χ0) is 14.5. The van der Waals surface area contributed by atoms with Crippen LogP contribution in [-0.4, -0.2) is 37.5 Å². The molecule has 0 saturated carbocycles. The topological polar surface area (TPSA) is 96.6 Å². The van der Waals surface area contributed by atoms with Crippen molar-refractivity contribution in [2.24, 2.45) is 0 Å². The molecule has 1 aromatic rings. The number of carboxylic acid groups (broad SMARTS) is 1. The summed E-state index contributed by atoms with van der Waals surface area (Å²) < 4.78 is 31.1. The lowest BCUT2D eigenvalue weighted by Crippen LogP contribution is -2.26. The molecule has 0 aromatic carbocycles. The molecule has 106 valence electrons. The highest BCUT2D eigenvalue weighted by molar-refractivity contribution is 7.99. The molecular formula is C11H15NO5S2. The first-order chi connectivity index (χ1) is 8.88. The second-order valence-corrected chi connectivity index (χ2v) is 6.48. The van der Waals surface area contributed by atoms with Gasteiger partial charge in [-0.2, -0.15) is 11.8 Å². The van der Waals surface area contributed by atoms with Gasteiger partial charge in [0.2, 0.25) is 15.8 Å². The Morgan fingerprint density at radius 1 is 1.63 bits per heavy atom. The molecule has 0 fully saturated rings. The molecule has 0 amide bonds. The molecule has 6 nitrogen and oxygen atoms in total. The third-order valence-electron chi connectivity index (χ3n) is 2.15. The van der Waals surface area contributed by atoms with Crippen molar-refractivity contribution >= 4 is 27.8 Å². The second-order valence-electron chi connectivity index (χ2n) is 3.60. The van der Waals surface area contributed by atoms with Crippen molar-refractivity contribution in [1.82, 2.24) is 4.72 Å². The Bertz CT molecular complexity index is 562. The van der Waals surface area contributed by atoms with Crippen molar-refractivity contribution in [3.05, 3.63) is 30.2 Å². The molecule has 1 heterocycles. The molecular weight excluding hydrogens is 290 g/mol. The van der Waals surface area contributed by atoms with Crippen LogP contribution in [0.15, 0.2) is 28.0 Å². The normalized spacial score (nSPS) is 11.4. The number of nitrogens with one attached hydrogen (secondary N) is 1. The summed E-state index contributed by atoms with van der Waals surface area (Å²) in [5, 5.41) is 8.74. The molecule has 0 aliphatic carbocycles. The zero-order valence-electron chi connectivity index (χ0n) is 10.4. The lowest BCUT2D eigenvalue weighted by molar-refractivity contribution is 0.0661. The maximum absolute atomic E-state index is 11.9. The van der Waals surface area contributed by atoms with E-state index in [0.717, 1.165) is 11.8 Å². The standard InChI is InChI=1S/C11H15NO5S2/c1-3-5-18-6-4-12-19(15,16)10-7-9(11(13)14)17-8(10)2/h3,7,12H,1,4-6H2,2H3,(H,13,14). The van der Waals surface area contributed by atoms with E-state index in [4.69, 9.17) is 9.52 Å². The molecule has 1 aromatic heterocycles. The van der Waals surface area contributed by atoms with Gasteiger partial charge < -0.3 is 9.52 Å². The Morgan fingerprint density at radius 2 is 2.32 bits per heavy atom. The van der Waals surface area contributed by atoms with E-state index in [-0.39, 0.29) is 23.0 Å². The fraction of sp³-hybridized carbons (Fsp3) is 0.364. The van der Waals surface area contributed by atoms with E-state index in [0.29, 0.717) is 5.75 Å². The average molecular weight is 305 g/mol. The average Bonchev–Trinajstić information content (AvgIpc) is 2.72. The number of rotatable bonds is 8. The second kappa shape index (κ2) is 6.78. The molecule has 1 rings (SSSR count). The van der Waals surface area contributed by atoms with Gasteiger partial charge in [-0.05, 0) is 6.92 Å². The van der Waals surface area contributed by atoms with Gasteiger partial charge in [-0.25, -0.2) is 17.9 Å². The third-order valence-corrected chi connectivity index (χ3v) is 4.68. The summed E-state index contributed by atoms with van der Waals surface area (Å²) in [6.07, 6.45) is 1.73. The highest BCUT2D eigenvalue weighted by atomic mass is 32.2. The van der Waals surface area contributed by atoms with Crippen molar-refractivity contribution in [2.75, 3.05) is 18.1 Å². The largest absolute Gasteiger partial charge is 0.475 e. The van der Waals surface area contributed by atoms with Crippen molar-refractivity contribution in [3.8, 4) is 0 Å². The van der Waals surface area contributed by atoms with Crippen LogP contribution >= 0.6 is 11.8 Å². The summed E-state index contributed by atoms with van der Waals surface area (Å²) in [5.41, 5.74) is 0. The van der Waals surface area contributed by atoms with Gasteiger partial charge in [-0.1, -0.05) is 6.08 Å². The number of carbonyl (C=O) groups is 1. The predicted octanol–water partition coefficient (Wildman–Crippen LogP) is 1.48. The lowest BCUT2D eigenvalue weighted by Gasteiger charge is -2.04. The van der Waals surface area contributed by atoms with E-state index in [1.54, 1.807) is 17.8 Å². The van der Waals surface area contributed by atoms with E-state index in [2.05, 4.69) is 11.3 Å². The molecule has 0 aliphatic heterocycles. The van der Waals surface area contributed by atoms with Crippen LogP contribution in [0.3, 0.4) is 0 Å². The molecule has 0 radical (unpaired) electrons. The van der Waals surface area contributed by atoms with Crippen LogP contribution in [0.4, 0.5) is 0 Å². The number of hydrogen-bond donors (Lipinski definition) is 2. The van der Waals surface area contributed by atoms with Crippen LogP contribution in [0.5, 0.6) is 0 Å². The Labute approximate surface area is 115 Å². The van der Waals surface area contributed by atoms with Crippen molar-refractivity contribution in [1.29, 1.82) is 0 Å². The van der Waals surface area contributed by atoms with E-state index < -0.39 is 16.0 Å². The quantitative estimate of drug-likeness (QED) is 0.558. The number of furan rings is 1. The molecule has 0 saturated heterocycles. The molecule has 0 aliphatic rings. The molecule has 19 heavy (non-hydrogen) atoms. The number of thioether (sulfide) groups is 1. The summed E-state index contributed by atoms with van der Waals surface area (Å²) in [6, 6.07) is 1.01. The number of sulfonamides is 1. The van der Waals surface area contributed by atoms with Crippen molar-refractivity contribution in [3.63, 3.8) is 0 Å². The number of hydrogen-bond acceptors (Lipinski definition) is 5. The molecule has 0 atom stereocenters. The molecule has 0 bridgehead atoms. The first-order valence-corrected chi connectivity index (χ1v) is 8.04. The van der Waals surface area contributed by atoms with Crippen molar-refractivity contribution < 1.29 is 22.7 Å². The third kappa shape index (κ3) is 4.41. The predicted molar refractivity (Wildman–Crippen MR) is 73.1 cm³/mol. The maximum atomic E-state index is 11.9. The fourth-order valence-corrected chi connectivity index (χ4v) is 3.25. The van der Waals surface area contributed by atoms with Crippen LogP contribution in [-0.2, 0) is 10.0 Å². The highest BCUT2D eigenvalue weighted by Gasteiger charge is 2.23. The molecule has 2 N–H and O–H groups in total. The summed E-state index contributed by atoms with van der Waals surface area (Å²) in [5.74, 6) is -0.280. The molecule has 8 heteroatoms. The number of carboxylic acids is 1. The minimum Gasteiger partial charge on any atom is -0.475 e. The van der Waals surface area contributed by atoms with E-state index in [1.807, 2.05) is 0 Å². The first kappa shape index (κ1) is 15.8. The van der Waals surface area contributed by atoms with Crippen LogP contribution < -0.4 is 4.72 Å². The van der Waals surface area contributed by atoms with Gasteiger partial charge in [0, 0.05) is 24.1 Å². The number of aryl methyl sites for hydroxylation is 1. The maximum Gasteiger partial charge on any atom is 0.371 e. The molecule has 0 spiro atoms. The summed E-state index contributed by atoms with van der Waals surface area (Å²) >= 11 is 1.54. The van der Waals surface area contributed by atoms with E-state index in [9.17, 15) is 13.2 Å². The van der Waals surface area contributed by atoms with Gasteiger partial charge in [-0.15, -0.1) is 6.58 Å². The van der Waals surface area contributed by atoms with E-state index in [1.165, 1.54) is 6.92 Å². The summed E-state index contributed by atoms with van der Waals surface area (Å²) in [6.45, 7) is 5.23. The van der Waals surface area contributed by atoms with Gasteiger partial charge in [0.15, 0.2) is 0 Å². The van der Waals surface area contributed by atoms with Crippen LogP contribution in [0.25, 0.3) is 0 Å². The monoisotopic (exact) mass is 305 g/mol. The Hall–Kier alpha value is -1.25. The minimum absolute atomic E-state index is 0.0589. The van der Waals surface area contributed by atoms with Gasteiger partial charge in [0.05, 0.1) is 0 Å². The molecule has 0 unspecified atom stereocenters. The summed E-state index contributed by atoms with van der Waals surface area (Å²) in [4.78, 5) is 10.6. The fourth-order valence-electron chi connectivity index (χ4n) is 1.33. The minimum atomic E-state index is -3.74. The van der Waals surface area contributed by atoms with Gasteiger partial charge in [-0.3, -0.25) is 0 Å². The van der Waals surface area contributed by atoms with Crippen LogP contribution in [0.1, 0.15) is 16.3 Å². The Balaban J connectivity index is 2.72. The van der Waals surface area contributed by atoms with Crippen LogP contribution in [0, 0.1) is 6.92 Å². The lowest BCUT2D eigenvalue weighted by atomic mass is 10.4. The van der Waals surface area contributed by atoms with Crippen LogP contribution in [0.2, 0.25) is 0 Å². The first-order valence-electron chi connectivity index (χ1n) is 5.40. The SMILES string of the molecule is C=CCSCCNS(=O)(=O)c1cc(C(=O)O)oc1C. The zero-order valence-corrected chi connectivity index (χ0v) is 12.0. The number of aromatic carboxylic acids is 1. The van der Waals surface area contributed by atoms with Gasteiger partial charge >= 0.3 is 5.97 Å². The Morgan fingerprint density at radius 3 is 2.84 bits per heavy atom. The smallest absolute Gasteiger partial charge is 0.371 e. The highest BCUT2D eigenvalue weighted by Crippen LogP contribution is 2.19. The Kier molecular flexibility index (Phi) is 5.64. The summed E-state index contributed by atoms with van der Waals surface area (Å²) in [7, 11) is -3.74.